The minimum atomic E-state index is -0.328. The Kier molecular flexibility index (Phi) is 5.43. The van der Waals surface area contributed by atoms with Crippen molar-refractivity contribution in [3.8, 4) is 22.8 Å². The van der Waals surface area contributed by atoms with Gasteiger partial charge < -0.3 is 9.47 Å². The van der Waals surface area contributed by atoms with Crippen molar-refractivity contribution in [3.05, 3.63) is 70.6 Å². The summed E-state index contributed by atoms with van der Waals surface area (Å²) in [5, 5.41) is 9.22. The van der Waals surface area contributed by atoms with Gasteiger partial charge in [-0.1, -0.05) is 17.7 Å². The van der Waals surface area contributed by atoms with E-state index in [-0.39, 0.29) is 5.82 Å². The fourth-order valence-corrected chi connectivity index (χ4v) is 5.93. The summed E-state index contributed by atoms with van der Waals surface area (Å²) in [5.74, 6) is 3.52. The third-order valence-electron chi connectivity index (χ3n) is 7.19. The molecular weight excluding hydrogens is 441 g/mol. The largest absolute Gasteiger partial charge is 0.454 e. The van der Waals surface area contributed by atoms with E-state index >= 15 is 0 Å². The molecule has 1 saturated carbocycles. The van der Waals surface area contributed by atoms with Gasteiger partial charge in [-0.05, 0) is 85.0 Å². The van der Waals surface area contributed by atoms with Gasteiger partial charge in [-0.2, -0.15) is 10.2 Å². The lowest BCUT2D eigenvalue weighted by molar-refractivity contribution is 0.174. The van der Waals surface area contributed by atoms with Gasteiger partial charge in [0.2, 0.25) is 6.79 Å². The standard InChI is InChI=1S/C26H25ClFN3O2/c27-23-4-2-20(28)11-22(23)24-5-3-21(29-30-24)9-17-7-18-13-31(14-19(18)8-17)12-16-1-6-25-26(10-16)33-15-32-25/h1-6,10-11,17-19H,7-9,12-15H2/t17?,18-,19+. The van der Waals surface area contributed by atoms with E-state index in [1.807, 2.05) is 18.2 Å². The quantitative estimate of drug-likeness (QED) is 0.507. The third kappa shape index (κ3) is 4.30. The molecule has 170 valence electrons. The monoisotopic (exact) mass is 465 g/mol. The van der Waals surface area contributed by atoms with Gasteiger partial charge in [-0.3, -0.25) is 4.90 Å². The Morgan fingerprint density at radius 1 is 0.939 bits per heavy atom. The lowest BCUT2D eigenvalue weighted by Crippen LogP contribution is -2.22. The molecule has 2 aromatic carbocycles. The molecule has 3 aliphatic rings. The number of rotatable bonds is 5. The SMILES string of the molecule is Fc1ccc(Cl)c(-c2ccc(CC3C[C@@H]4CN(Cc5ccc6c(c5)OCO6)C[C@@H]4C3)nn2)c1. The summed E-state index contributed by atoms with van der Waals surface area (Å²) < 4.78 is 24.5. The van der Waals surface area contributed by atoms with E-state index in [0.717, 1.165) is 55.1 Å². The van der Waals surface area contributed by atoms with Crippen molar-refractivity contribution < 1.29 is 13.9 Å². The van der Waals surface area contributed by atoms with Crippen LogP contribution < -0.4 is 9.47 Å². The number of fused-ring (bicyclic) bond motifs is 2. The summed E-state index contributed by atoms with van der Waals surface area (Å²) in [5.41, 5.74) is 3.46. The molecule has 7 heteroatoms. The van der Waals surface area contributed by atoms with Crippen LogP contribution in [0, 0.1) is 23.6 Å². The zero-order valence-electron chi connectivity index (χ0n) is 18.2. The van der Waals surface area contributed by atoms with Crippen LogP contribution in [0.5, 0.6) is 11.5 Å². The molecule has 0 bridgehead atoms. The lowest BCUT2D eigenvalue weighted by atomic mass is 9.99. The van der Waals surface area contributed by atoms with Gasteiger partial charge >= 0.3 is 0 Å². The number of halogens is 2. The van der Waals surface area contributed by atoms with Crippen LogP contribution >= 0.6 is 11.6 Å². The van der Waals surface area contributed by atoms with Crippen LogP contribution in [0.15, 0.2) is 48.5 Å². The highest BCUT2D eigenvalue weighted by molar-refractivity contribution is 6.33. The molecule has 6 rings (SSSR count). The van der Waals surface area contributed by atoms with E-state index in [4.69, 9.17) is 21.1 Å². The highest BCUT2D eigenvalue weighted by Gasteiger charge is 2.40. The van der Waals surface area contributed by atoms with Gasteiger partial charge in [0.25, 0.3) is 0 Å². The molecule has 3 heterocycles. The molecule has 1 aromatic heterocycles. The molecule has 1 unspecified atom stereocenters. The Labute approximate surface area is 197 Å². The molecule has 0 N–H and O–H groups in total. The maximum atomic E-state index is 13.6. The Morgan fingerprint density at radius 3 is 2.55 bits per heavy atom. The molecule has 0 spiro atoms. The van der Waals surface area contributed by atoms with Crippen LogP contribution in [0.2, 0.25) is 5.02 Å². The van der Waals surface area contributed by atoms with Crippen molar-refractivity contribution in [1.82, 2.24) is 15.1 Å². The Bertz CT molecular complexity index is 1160. The molecule has 0 radical (unpaired) electrons. The highest BCUT2D eigenvalue weighted by atomic mass is 35.5. The minimum Gasteiger partial charge on any atom is -0.454 e. The van der Waals surface area contributed by atoms with Crippen LogP contribution in [0.1, 0.15) is 24.1 Å². The van der Waals surface area contributed by atoms with E-state index in [9.17, 15) is 4.39 Å². The highest BCUT2D eigenvalue weighted by Crippen LogP contribution is 2.43. The van der Waals surface area contributed by atoms with Gasteiger partial charge in [-0.25, -0.2) is 4.39 Å². The molecule has 3 aromatic rings. The molecule has 5 nitrogen and oxygen atoms in total. The number of likely N-dealkylation sites (tertiary alicyclic amines) is 1. The van der Waals surface area contributed by atoms with Crippen molar-refractivity contribution in [3.63, 3.8) is 0 Å². The second kappa shape index (κ2) is 8.58. The zero-order valence-corrected chi connectivity index (χ0v) is 19.0. The lowest BCUT2D eigenvalue weighted by Gasteiger charge is -2.19. The second-order valence-electron chi connectivity index (χ2n) is 9.48. The fourth-order valence-electron chi connectivity index (χ4n) is 5.72. The van der Waals surface area contributed by atoms with E-state index in [0.29, 0.717) is 29.0 Å². The first-order valence-corrected chi connectivity index (χ1v) is 11.9. The Hall–Kier alpha value is -2.70. The summed E-state index contributed by atoms with van der Waals surface area (Å²) in [7, 11) is 0. The summed E-state index contributed by atoms with van der Waals surface area (Å²) in [6.07, 6.45) is 3.42. The summed E-state index contributed by atoms with van der Waals surface area (Å²) in [4.78, 5) is 2.57. The van der Waals surface area contributed by atoms with Gasteiger partial charge in [0, 0.05) is 25.2 Å². The van der Waals surface area contributed by atoms with Crippen molar-refractivity contribution in [2.24, 2.45) is 17.8 Å². The molecule has 2 aliphatic heterocycles. The predicted molar refractivity (Wildman–Crippen MR) is 124 cm³/mol. The Balaban J connectivity index is 1.04. The third-order valence-corrected chi connectivity index (χ3v) is 7.52. The number of aromatic nitrogens is 2. The van der Waals surface area contributed by atoms with Crippen molar-refractivity contribution in [2.75, 3.05) is 19.9 Å². The van der Waals surface area contributed by atoms with Crippen LogP contribution in [0.25, 0.3) is 11.3 Å². The number of nitrogens with zero attached hydrogens (tertiary/aromatic N) is 3. The van der Waals surface area contributed by atoms with Crippen molar-refractivity contribution in [2.45, 2.75) is 25.8 Å². The average Bonchev–Trinajstić information content (AvgIpc) is 3.51. The van der Waals surface area contributed by atoms with E-state index in [1.54, 1.807) is 6.07 Å². The average molecular weight is 466 g/mol. The number of hydrogen-bond acceptors (Lipinski definition) is 5. The predicted octanol–water partition coefficient (Wildman–Crippen LogP) is 5.37. The normalized spacial score (nSPS) is 23.8. The van der Waals surface area contributed by atoms with Gasteiger partial charge in [0.1, 0.15) is 5.82 Å². The maximum Gasteiger partial charge on any atom is 0.231 e. The number of benzene rings is 2. The van der Waals surface area contributed by atoms with Crippen LogP contribution in [0.4, 0.5) is 4.39 Å². The molecule has 1 aliphatic carbocycles. The van der Waals surface area contributed by atoms with Crippen molar-refractivity contribution in [1.29, 1.82) is 0 Å². The van der Waals surface area contributed by atoms with E-state index < -0.39 is 0 Å². The topological polar surface area (TPSA) is 47.5 Å². The summed E-state index contributed by atoms with van der Waals surface area (Å²) in [6.45, 7) is 3.58. The van der Waals surface area contributed by atoms with Gasteiger partial charge in [0.15, 0.2) is 11.5 Å². The van der Waals surface area contributed by atoms with Gasteiger partial charge in [-0.15, -0.1) is 0 Å². The van der Waals surface area contributed by atoms with Crippen LogP contribution in [-0.4, -0.2) is 35.0 Å². The molecule has 1 saturated heterocycles. The van der Waals surface area contributed by atoms with E-state index in [1.165, 1.54) is 30.5 Å². The van der Waals surface area contributed by atoms with Gasteiger partial charge in [0.05, 0.1) is 16.4 Å². The van der Waals surface area contributed by atoms with Crippen molar-refractivity contribution >= 4 is 11.6 Å². The maximum absolute atomic E-state index is 13.6. The first-order valence-electron chi connectivity index (χ1n) is 11.5. The molecule has 0 amide bonds. The summed E-state index contributed by atoms with van der Waals surface area (Å²) >= 11 is 6.20. The number of ether oxygens (including phenoxy) is 2. The van der Waals surface area contributed by atoms with Crippen LogP contribution in [-0.2, 0) is 13.0 Å². The molecule has 33 heavy (non-hydrogen) atoms. The van der Waals surface area contributed by atoms with E-state index in [2.05, 4.69) is 27.2 Å². The first kappa shape index (κ1) is 20.9. The Morgan fingerprint density at radius 2 is 1.76 bits per heavy atom. The molecular formula is C26H25ClFN3O2. The molecule has 2 fully saturated rings. The number of hydrogen-bond donors (Lipinski definition) is 0. The van der Waals surface area contributed by atoms with Crippen LogP contribution in [0.3, 0.4) is 0 Å². The zero-order chi connectivity index (χ0) is 22.4. The fraction of sp³-hybridized carbons (Fsp3) is 0.385. The smallest absolute Gasteiger partial charge is 0.231 e. The minimum absolute atomic E-state index is 0.319. The molecule has 3 atom stereocenters. The second-order valence-corrected chi connectivity index (χ2v) is 9.88. The first-order chi connectivity index (χ1) is 16.1. The summed E-state index contributed by atoms with van der Waals surface area (Å²) in [6, 6.07) is 14.5.